The summed E-state index contributed by atoms with van der Waals surface area (Å²) in [6.45, 7) is 2.63. The number of aliphatic hydroxyl groups is 1. The molecule has 9 heteroatoms. The van der Waals surface area contributed by atoms with Crippen molar-refractivity contribution in [2.75, 3.05) is 18.1 Å². The highest BCUT2D eigenvalue weighted by Crippen LogP contribution is 2.65. The van der Waals surface area contributed by atoms with Crippen LogP contribution in [0, 0.1) is 11.3 Å². The average molecular weight is 552 g/mol. The largest absolute Gasteiger partial charge is 0.494 e. The molecule has 2 fully saturated rings. The third-order valence-electron chi connectivity index (χ3n) is 8.88. The Morgan fingerprint density at radius 1 is 1.07 bits per heavy atom. The van der Waals surface area contributed by atoms with Gasteiger partial charge >= 0.3 is 0 Å². The number of hydrogen-bond donors (Lipinski definition) is 3. The Kier molecular flexibility index (Phi) is 5.58. The fourth-order valence-electron chi connectivity index (χ4n) is 6.92. The summed E-state index contributed by atoms with van der Waals surface area (Å²) in [5.74, 6) is 0.325. The molecule has 0 spiro atoms. The van der Waals surface area contributed by atoms with E-state index >= 15 is 0 Å². The molecule has 4 aromatic rings. The Hall–Kier alpha value is -4.52. The number of rotatable bonds is 6. The normalized spacial score (nSPS) is 24.7. The van der Waals surface area contributed by atoms with Gasteiger partial charge in [0.15, 0.2) is 0 Å². The first-order valence-electron chi connectivity index (χ1n) is 13.8. The molecule has 9 nitrogen and oxygen atoms in total. The zero-order valence-electron chi connectivity index (χ0n) is 22.5. The summed E-state index contributed by atoms with van der Waals surface area (Å²) >= 11 is 0. The van der Waals surface area contributed by atoms with Crippen molar-refractivity contribution >= 4 is 22.4 Å². The standard InChI is InChI=1S/C32H29N3O6/c1-31-25(36)17-32(41-31,13-15-40-21-7-4-6-20(16-21)34-14-5-10-26(34)37)28-27(31)29(38)35(30(28)39)24-12-11-19(18-33)22-8-2-3-9-23(22)24/h2-4,6-9,11-12,16,25,36,38-39H,5,10,13-15,17H2,1H3/t25-,31-,32+/m0/s1. The van der Waals surface area contributed by atoms with Crippen LogP contribution in [0.1, 0.15) is 49.3 Å². The van der Waals surface area contributed by atoms with Crippen LogP contribution in [-0.2, 0) is 20.7 Å². The van der Waals surface area contributed by atoms with Crippen molar-refractivity contribution in [2.24, 2.45) is 0 Å². The second-order valence-electron chi connectivity index (χ2n) is 11.2. The maximum absolute atomic E-state index is 12.2. The Labute approximate surface area is 236 Å². The molecule has 7 rings (SSSR count). The molecule has 1 aromatic heterocycles. The van der Waals surface area contributed by atoms with Gasteiger partial charge in [-0.3, -0.25) is 9.36 Å². The number of ether oxygens (including phenoxy) is 2. The van der Waals surface area contributed by atoms with E-state index in [0.29, 0.717) is 58.3 Å². The average Bonchev–Trinajstić information content (AvgIpc) is 3.66. The molecule has 3 aromatic carbocycles. The zero-order chi connectivity index (χ0) is 28.5. The lowest BCUT2D eigenvalue weighted by atomic mass is 9.76. The van der Waals surface area contributed by atoms with E-state index < -0.39 is 17.3 Å². The third-order valence-corrected chi connectivity index (χ3v) is 8.88. The van der Waals surface area contributed by atoms with Crippen molar-refractivity contribution < 1.29 is 29.6 Å². The van der Waals surface area contributed by atoms with Crippen LogP contribution in [0.5, 0.6) is 17.5 Å². The maximum atomic E-state index is 12.2. The van der Waals surface area contributed by atoms with E-state index in [2.05, 4.69) is 6.07 Å². The van der Waals surface area contributed by atoms with Crippen LogP contribution in [0.25, 0.3) is 16.5 Å². The van der Waals surface area contributed by atoms with E-state index in [-0.39, 0.29) is 30.7 Å². The maximum Gasteiger partial charge on any atom is 0.227 e. The number of aliphatic hydroxyl groups excluding tert-OH is 1. The van der Waals surface area contributed by atoms with Crippen molar-refractivity contribution in [3.63, 3.8) is 0 Å². The number of amides is 1. The van der Waals surface area contributed by atoms with Gasteiger partial charge in [-0.15, -0.1) is 0 Å². The fraction of sp³-hybridized carbons (Fsp3) is 0.312. The molecule has 0 saturated carbocycles. The summed E-state index contributed by atoms with van der Waals surface area (Å²) in [5.41, 5.74) is 0.289. The summed E-state index contributed by atoms with van der Waals surface area (Å²) in [7, 11) is 0. The van der Waals surface area contributed by atoms with Crippen LogP contribution in [0.4, 0.5) is 5.69 Å². The van der Waals surface area contributed by atoms with Crippen molar-refractivity contribution in [1.29, 1.82) is 5.26 Å². The molecule has 0 unspecified atom stereocenters. The Morgan fingerprint density at radius 3 is 2.61 bits per heavy atom. The first-order chi connectivity index (χ1) is 19.8. The molecule has 1 amide bonds. The van der Waals surface area contributed by atoms with E-state index in [9.17, 15) is 25.4 Å². The smallest absolute Gasteiger partial charge is 0.227 e. The number of nitriles is 1. The topological polar surface area (TPSA) is 128 Å². The Morgan fingerprint density at radius 2 is 1.85 bits per heavy atom. The second-order valence-corrected chi connectivity index (χ2v) is 11.2. The van der Waals surface area contributed by atoms with E-state index in [1.54, 1.807) is 24.0 Å². The lowest BCUT2D eigenvalue weighted by Crippen LogP contribution is -2.33. The molecule has 0 radical (unpaired) electrons. The monoisotopic (exact) mass is 551 g/mol. The number of benzene rings is 3. The van der Waals surface area contributed by atoms with Gasteiger partial charge in [0.05, 0.1) is 41.2 Å². The number of hydrogen-bond acceptors (Lipinski definition) is 7. The predicted octanol–water partition coefficient (Wildman–Crippen LogP) is 4.71. The SMILES string of the molecule is C[C@]12O[C@](CCOc3cccc(N4CCCC4=O)c3)(C[C@@H]1O)c1c2c(O)n(-c2ccc(C#N)c3ccccc23)c1O. The number of aromatic hydroxyl groups is 2. The second kappa shape index (κ2) is 8.99. The molecule has 41 heavy (non-hydrogen) atoms. The molecule has 2 saturated heterocycles. The van der Waals surface area contributed by atoms with Gasteiger partial charge in [0.2, 0.25) is 17.7 Å². The first kappa shape index (κ1) is 25.4. The number of carbonyl (C=O) groups is 1. The molecule has 0 aliphatic carbocycles. The lowest BCUT2D eigenvalue weighted by Gasteiger charge is -2.27. The molecular formula is C32H29N3O6. The molecule has 3 aliphatic rings. The Balaban J connectivity index is 1.24. The van der Waals surface area contributed by atoms with Crippen molar-refractivity contribution in [2.45, 2.75) is 49.9 Å². The van der Waals surface area contributed by atoms with Gasteiger partial charge < -0.3 is 29.7 Å². The van der Waals surface area contributed by atoms with Crippen LogP contribution >= 0.6 is 0 Å². The molecule has 3 N–H and O–H groups in total. The highest BCUT2D eigenvalue weighted by molar-refractivity contribution is 5.96. The molecule has 208 valence electrons. The van der Waals surface area contributed by atoms with Crippen LogP contribution in [0.3, 0.4) is 0 Å². The van der Waals surface area contributed by atoms with E-state index in [0.717, 1.165) is 12.1 Å². The number of aromatic nitrogens is 1. The third kappa shape index (κ3) is 3.57. The highest BCUT2D eigenvalue weighted by atomic mass is 16.6. The number of carbonyl (C=O) groups excluding carboxylic acids is 1. The van der Waals surface area contributed by atoms with Crippen LogP contribution < -0.4 is 9.64 Å². The summed E-state index contributed by atoms with van der Waals surface area (Å²) in [6.07, 6.45) is 1.01. The zero-order valence-corrected chi connectivity index (χ0v) is 22.5. The van der Waals surface area contributed by atoms with Crippen LogP contribution in [0.15, 0.2) is 60.7 Å². The minimum atomic E-state index is -1.22. The van der Waals surface area contributed by atoms with Gasteiger partial charge in [-0.1, -0.05) is 30.3 Å². The van der Waals surface area contributed by atoms with Crippen molar-refractivity contribution in [3.05, 3.63) is 77.4 Å². The number of nitrogens with zero attached hydrogens (tertiary/aromatic N) is 3. The molecule has 2 bridgehead atoms. The molecule has 3 atom stereocenters. The van der Waals surface area contributed by atoms with Gasteiger partial charge in [-0.2, -0.15) is 5.26 Å². The van der Waals surface area contributed by atoms with E-state index in [4.69, 9.17) is 9.47 Å². The van der Waals surface area contributed by atoms with Gasteiger partial charge in [-0.05, 0) is 37.6 Å². The number of anilines is 1. The number of fused-ring (bicyclic) bond motifs is 6. The first-order valence-corrected chi connectivity index (χ1v) is 13.8. The minimum absolute atomic E-state index is 0.0991. The van der Waals surface area contributed by atoms with Gasteiger partial charge in [-0.25, -0.2) is 0 Å². The summed E-state index contributed by atoms with van der Waals surface area (Å²) in [4.78, 5) is 13.9. The molecule has 4 heterocycles. The van der Waals surface area contributed by atoms with E-state index in [1.165, 1.54) is 4.57 Å². The summed E-state index contributed by atoms with van der Waals surface area (Å²) in [6, 6.07) is 20.3. The Bertz CT molecular complexity index is 1770. The quantitative estimate of drug-likeness (QED) is 0.317. The van der Waals surface area contributed by atoms with Crippen LogP contribution in [-0.4, -0.2) is 45.0 Å². The van der Waals surface area contributed by atoms with Crippen molar-refractivity contribution in [1.82, 2.24) is 4.57 Å². The van der Waals surface area contributed by atoms with E-state index in [1.807, 2.05) is 48.5 Å². The van der Waals surface area contributed by atoms with Crippen LogP contribution in [0.2, 0.25) is 0 Å². The highest BCUT2D eigenvalue weighted by Gasteiger charge is 2.66. The van der Waals surface area contributed by atoms with Crippen molar-refractivity contribution in [3.8, 4) is 29.3 Å². The van der Waals surface area contributed by atoms with Gasteiger partial charge in [0.1, 0.15) is 17.0 Å². The van der Waals surface area contributed by atoms with Gasteiger partial charge in [0.25, 0.3) is 0 Å². The summed E-state index contributed by atoms with van der Waals surface area (Å²) < 4.78 is 13.9. The molecular weight excluding hydrogens is 522 g/mol. The van der Waals surface area contributed by atoms with Gasteiger partial charge in [0, 0.05) is 48.3 Å². The summed E-state index contributed by atoms with van der Waals surface area (Å²) in [5, 5.41) is 45.3. The fourth-order valence-corrected chi connectivity index (χ4v) is 6.92. The minimum Gasteiger partial charge on any atom is -0.494 e. The predicted molar refractivity (Wildman–Crippen MR) is 150 cm³/mol. The molecule has 3 aliphatic heterocycles. The lowest BCUT2D eigenvalue weighted by molar-refractivity contribution is -0.117.